The van der Waals surface area contributed by atoms with Crippen molar-refractivity contribution in [3.05, 3.63) is 86.4 Å². The molecule has 0 spiro atoms. The Kier molecular flexibility index (Phi) is 5.09. The minimum atomic E-state index is -0.491. The first-order chi connectivity index (χ1) is 12.0. The molecule has 0 aliphatic carbocycles. The van der Waals surface area contributed by atoms with E-state index in [0.717, 1.165) is 15.6 Å². The lowest BCUT2D eigenvalue weighted by Gasteiger charge is -2.06. The van der Waals surface area contributed by atoms with Crippen molar-refractivity contribution in [2.24, 2.45) is 0 Å². The van der Waals surface area contributed by atoms with Gasteiger partial charge in [0, 0.05) is 22.8 Å². The third-order valence-corrected chi connectivity index (χ3v) is 4.11. The lowest BCUT2D eigenvalue weighted by Crippen LogP contribution is -2.17. The summed E-state index contributed by atoms with van der Waals surface area (Å²) in [5.74, 6) is -0.491. The summed E-state index contributed by atoms with van der Waals surface area (Å²) in [6.45, 7) is 1.82. The number of carbonyl (C=O) groups is 1. The molecule has 3 aromatic rings. The zero-order chi connectivity index (χ0) is 17.8. The van der Waals surface area contributed by atoms with Crippen molar-refractivity contribution in [2.75, 3.05) is 0 Å². The fraction of sp³-hybridized carbons (Fsp3) is 0.105. The lowest BCUT2D eigenvalue weighted by atomic mass is 10.2. The standard InChI is InChI=1S/C19H15BrN2O3/c1-13-3-2-10-22-17(23)11-16(21-19(13)22)12-25-18(24)9-6-14-4-7-15(20)8-5-14/h2-11H,12H2,1H3/b9-6+. The van der Waals surface area contributed by atoms with Crippen LogP contribution in [-0.4, -0.2) is 15.4 Å². The molecule has 0 atom stereocenters. The number of carbonyl (C=O) groups excluding carboxylic acids is 1. The first-order valence-electron chi connectivity index (χ1n) is 7.61. The number of hydrogen-bond donors (Lipinski definition) is 0. The quantitative estimate of drug-likeness (QED) is 0.498. The second-order valence-corrected chi connectivity index (χ2v) is 6.38. The first-order valence-corrected chi connectivity index (χ1v) is 8.40. The van der Waals surface area contributed by atoms with Gasteiger partial charge in [-0.3, -0.25) is 9.20 Å². The van der Waals surface area contributed by atoms with Gasteiger partial charge < -0.3 is 4.74 Å². The van der Waals surface area contributed by atoms with Crippen molar-refractivity contribution in [3.63, 3.8) is 0 Å². The summed E-state index contributed by atoms with van der Waals surface area (Å²) in [4.78, 5) is 28.3. The number of nitrogens with zero attached hydrogens (tertiary/aromatic N) is 2. The van der Waals surface area contributed by atoms with Crippen LogP contribution in [0.2, 0.25) is 0 Å². The van der Waals surface area contributed by atoms with E-state index >= 15 is 0 Å². The molecule has 25 heavy (non-hydrogen) atoms. The highest BCUT2D eigenvalue weighted by Crippen LogP contribution is 2.11. The number of hydrogen-bond acceptors (Lipinski definition) is 4. The zero-order valence-electron chi connectivity index (χ0n) is 13.5. The molecular formula is C19H15BrN2O3. The van der Waals surface area contributed by atoms with Crippen LogP contribution in [0.1, 0.15) is 16.8 Å². The van der Waals surface area contributed by atoms with E-state index in [1.165, 1.54) is 16.5 Å². The summed E-state index contributed by atoms with van der Waals surface area (Å²) in [6, 6.07) is 12.6. The molecule has 0 amide bonds. The van der Waals surface area contributed by atoms with E-state index in [1.54, 1.807) is 18.3 Å². The average molecular weight is 399 g/mol. The summed E-state index contributed by atoms with van der Waals surface area (Å²) >= 11 is 3.35. The molecule has 0 radical (unpaired) electrons. The van der Waals surface area contributed by atoms with Crippen LogP contribution in [0, 0.1) is 6.92 Å². The van der Waals surface area contributed by atoms with Crippen molar-refractivity contribution in [1.29, 1.82) is 0 Å². The fourth-order valence-electron chi connectivity index (χ4n) is 2.31. The van der Waals surface area contributed by atoms with Gasteiger partial charge in [0.05, 0.1) is 5.69 Å². The molecule has 0 fully saturated rings. The summed E-state index contributed by atoms with van der Waals surface area (Å²) in [6.07, 6.45) is 4.68. The molecule has 1 aromatic carbocycles. The smallest absolute Gasteiger partial charge is 0.331 e. The Labute approximate surface area is 152 Å². The van der Waals surface area contributed by atoms with Crippen LogP contribution in [0.5, 0.6) is 0 Å². The van der Waals surface area contributed by atoms with E-state index in [9.17, 15) is 9.59 Å². The molecule has 0 aliphatic heterocycles. The molecule has 3 rings (SSSR count). The number of aryl methyl sites for hydroxylation is 1. The highest BCUT2D eigenvalue weighted by molar-refractivity contribution is 9.10. The summed E-state index contributed by atoms with van der Waals surface area (Å²) in [5.41, 5.74) is 2.54. The van der Waals surface area contributed by atoms with Gasteiger partial charge in [-0.1, -0.05) is 34.1 Å². The average Bonchev–Trinajstić information content (AvgIpc) is 2.60. The van der Waals surface area contributed by atoms with Gasteiger partial charge in [0.2, 0.25) is 0 Å². The highest BCUT2D eigenvalue weighted by Gasteiger charge is 2.06. The first kappa shape index (κ1) is 17.1. The molecule has 0 saturated heterocycles. The van der Waals surface area contributed by atoms with Gasteiger partial charge in [0.1, 0.15) is 12.3 Å². The molecule has 5 nitrogen and oxygen atoms in total. The van der Waals surface area contributed by atoms with Crippen molar-refractivity contribution in [3.8, 4) is 0 Å². The number of pyridine rings is 1. The Bertz CT molecular complexity index is 1010. The maximum Gasteiger partial charge on any atom is 0.331 e. The van der Waals surface area contributed by atoms with Crippen LogP contribution >= 0.6 is 15.9 Å². The van der Waals surface area contributed by atoms with Gasteiger partial charge in [0.25, 0.3) is 5.56 Å². The number of rotatable bonds is 4. The Balaban J connectivity index is 1.70. The number of benzene rings is 1. The lowest BCUT2D eigenvalue weighted by molar-refractivity contribution is -0.139. The van der Waals surface area contributed by atoms with Gasteiger partial charge in [-0.25, -0.2) is 9.78 Å². The second-order valence-electron chi connectivity index (χ2n) is 5.46. The Morgan fingerprint density at radius 2 is 2.04 bits per heavy atom. The Morgan fingerprint density at radius 1 is 1.28 bits per heavy atom. The van der Waals surface area contributed by atoms with Crippen molar-refractivity contribution < 1.29 is 9.53 Å². The van der Waals surface area contributed by atoms with Crippen LogP contribution < -0.4 is 5.56 Å². The Hall–Kier alpha value is -2.73. The van der Waals surface area contributed by atoms with E-state index in [-0.39, 0.29) is 12.2 Å². The van der Waals surface area contributed by atoms with Gasteiger partial charge >= 0.3 is 5.97 Å². The minimum absolute atomic E-state index is 0.0520. The normalized spacial score (nSPS) is 11.1. The van der Waals surface area contributed by atoms with Crippen molar-refractivity contribution in [2.45, 2.75) is 13.5 Å². The topological polar surface area (TPSA) is 60.7 Å². The number of halogens is 1. The van der Waals surface area contributed by atoms with Crippen LogP contribution in [0.4, 0.5) is 0 Å². The van der Waals surface area contributed by atoms with E-state index in [0.29, 0.717) is 11.3 Å². The predicted molar refractivity (Wildman–Crippen MR) is 99.2 cm³/mol. The van der Waals surface area contributed by atoms with E-state index < -0.39 is 5.97 Å². The monoisotopic (exact) mass is 398 g/mol. The third-order valence-electron chi connectivity index (χ3n) is 3.58. The zero-order valence-corrected chi connectivity index (χ0v) is 15.1. The van der Waals surface area contributed by atoms with Crippen LogP contribution in [0.3, 0.4) is 0 Å². The molecule has 6 heteroatoms. The van der Waals surface area contributed by atoms with Gasteiger partial charge in [-0.05, 0) is 42.3 Å². The number of ether oxygens (including phenoxy) is 1. The van der Waals surface area contributed by atoms with Gasteiger partial charge in [0.15, 0.2) is 0 Å². The molecule has 2 heterocycles. The molecule has 2 aromatic heterocycles. The molecule has 0 unspecified atom stereocenters. The maximum absolute atomic E-state index is 12.1. The number of esters is 1. The Morgan fingerprint density at radius 3 is 2.80 bits per heavy atom. The summed E-state index contributed by atoms with van der Waals surface area (Å²) < 4.78 is 7.61. The van der Waals surface area contributed by atoms with Crippen LogP contribution in [0.15, 0.2) is 64.0 Å². The van der Waals surface area contributed by atoms with Gasteiger partial charge in [-0.15, -0.1) is 0 Å². The summed E-state index contributed by atoms with van der Waals surface area (Å²) in [5, 5.41) is 0. The fourth-order valence-corrected chi connectivity index (χ4v) is 2.58. The van der Waals surface area contributed by atoms with E-state index in [2.05, 4.69) is 20.9 Å². The predicted octanol–water partition coefficient (Wildman–Crippen LogP) is 3.52. The molecule has 0 N–H and O–H groups in total. The van der Waals surface area contributed by atoms with E-state index in [4.69, 9.17) is 4.74 Å². The molecule has 0 bridgehead atoms. The van der Waals surface area contributed by atoms with Gasteiger partial charge in [-0.2, -0.15) is 0 Å². The largest absolute Gasteiger partial charge is 0.456 e. The maximum atomic E-state index is 12.1. The van der Waals surface area contributed by atoms with Crippen molar-refractivity contribution >= 4 is 33.6 Å². The molecule has 0 saturated carbocycles. The van der Waals surface area contributed by atoms with E-state index in [1.807, 2.05) is 37.3 Å². The van der Waals surface area contributed by atoms with Crippen LogP contribution in [-0.2, 0) is 16.1 Å². The SMILES string of the molecule is Cc1cccn2c(=O)cc(COC(=O)/C=C/c3ccc(Br)cc3)nc12. The third kappa shape index (κ3) is 4.22. The second kappa shape index (κ2) is 7.44. The molecule has 126 valence electrons. The van der Waals surface area contributed by atoms with Crippen LogP contribution in [0.25, 0.3) is 11.7 Å². The number of aromatic nitrogens is 2. The summed E-state index contributed by atoms with van der Waals surface area (Å²) in [7, 11) is 0. The van der Waals surface area contributed by atoms with Crippen molar-refractivity contribution in [1.82, 2.24) is 9.38 Å². The minimum Gasteiger partial charge on any atom is -0.456 e. The number of fused-ring (bicyclic) bond motifs is 1. The highest BCUT2D eigenvalue weighted by atomic mass is 79.9. The molecule has 0 aliphatic rings. The molecular weight excluding hydrogens is 384 g/mol.